The number of likely N-dealkylation sites (tertiary alicyclic amines) is 1. The summed E-state index contributed by atoms with van der Waals surface area (Å²) in [5.41, 5.74) is 1.62. The molecule has 3 heteroatoms. The molecule has 0 N–H and O–H groups in total. The van der Waals surface area contributed by atoms with Crippen molar-refractivity contribution in [2.45, 2.75) is 51.6 Å². The molecule has 2 unspecified atom stereocenters. The largest absolute Gasteiger partial charge is 0.337 e. The van der Waals surface area contributed by atoms with Gasteiger partial charge in [-0.3, -0.25) is 4.79 Å². The lowest BCUT2D eigenvalue weighted by molar-refractivity contribution is -0.136. The first-order chi connectivity index (χ1) is 9.11. The maximum atomic E-state index is 12.4. The number of hydrogen-bond donors (Lipinski definition) is 0. The number of carbonyl (C=O) groups excluding carboxylic acids is 1. The Hall–Kier alpha value is -1.82. The third-order valence-corrected chi connectivity index (χ3v) is 3.92. The van der Waals surface area contributed by atoms with E-state index < -0.39 is 0 Å². The van der Waals surface area contributed by atoms with Crippen molar-refractivity contribution in [3.63, 3.8) is 0 Å². The molecule has 1 amide bonds. The Morgan fingerprint density at radius 2 is 1.84 bits per heavy atom. The van der Waals surface area contributed by atoms with Gasteiger partial charge < -0.3 is 4.90 Å². The van der Waals surface area contributed by atoms with Gasteiger partial charge in [-0.15, -0.1) is 0 Å². The van der Waals surface area contributed by atoms with Crippen LogP contribution in [-0.2, 0) is 11.2 Å². The number of hydrogen-bond acceptors (Lipinski definition) is 2. The Morgan fingerprint density at radius 3 is 2.37 bits per heavy atom. The molecule has 1 saturated heterocycles. The molecule has 0 aliphatic carbocycles. The molecule has 0 spiro atoms. The monoisotopic (exact) mass is 256 g/mol. The molecule has 2 atom stereocenters. The van der Waals surface area contributed by atoms with Crippen molar-refractivity contribution in [1.29, 1.82) is 5.26 Å². The first-order valence-electron chi connectivity index (χ1n) is 6.92. The molecule has 2 rings (SSSR count). The van der Waals surface area contributed by atoms with Gasteiger partial charge in [-0.1, -0.05) is 12.1 Å². The summed E-state index contributed by atoms with van der Waals surface area (Å²) in [6.45, 7) is 4.26. The molecule has 19 heavy (non-hydrogen) atoms. The van der Waals surface area contributed by atoms with Crippen molar-refractivity contribution in [3.05, 3.63) is 35.4 Å². The van der Waals surface area contributed by atoms with Crippen molar-refractivity contribution in [1.82, 2.24) is 4.90 Å². The fourth-order valence-corrected chi connectivity index (χ4v) is 2.88. The first kappa shape index (κ1) is 13.6. The van der Waals surface area contributed by atoms with Crippen molar-refractivity contribution in [2.24, 2.45) is 0 Å². The minimum absolute atomic E-state index is 0.199. The molecule has 1 aromatic carbocycles. The fraction of sp³-hybridized carbons (Fsp3) is 0.500. The van der Waals surface area contributed by atoms with Crippen molar-refractivity contribution < 1.29 is 4.79 Å². The Morgan fingerprint density at radius 1 is 1.26 bits per heavy atom. The summed E-state index contributed by atoms with van der Waals surface area (Å²) in [5.74, 6) is 0.199. The van der Waals surface area contributed by atoms with E-state index in [0.717, 1.165) is 18.4 Å². The zero-order valence-corrected chi connectivity index (χ0v) is 11.6. The summed E-state index contributed by atoms with van der Waals surface area (Å²) in [5, 5.41) is 8.76. The number of amides is 1. The van der Waals surface area contributed by atoms with Crippen LogP contribution in [0.15, 0.2) is 24.3 Å². The Labute approximate surface area is 114 Å². The predicted octanol–water partition coefficient (Wildman–Crippen LogP) is 2.89. The zero-order chi connectivity index (χ0) is 13.8. The molecule has 1 heterocycles. The van der Waals surface area contributed by atoms with Crippen molar-refractivity contribution in [2.75, 3.05) is 0 Å². The fourth-order valence-electron chi connectivity index (χ4n) is 2.88. The summed E-state index contributed by atoms with van der Waals surface area (Å²) in [7, 11) is 0. The van der Waals surface area contributed by atoms with Gasteiger partial charge in [0.15, 0.2) is 0 Å². The smallest absolute Gasteiger partial charge is 0.227 e. The van der Waals surface area contributed by atoms with E-state index in [1.165, 1.54) is 6.42 Å². The van der Waals surface area contributed by atoms with Gasteiger partial charge in [0, 0.05) is 12.1 Å². The van der Waals surface area contributed by atoms with Gasteiger partial charge in [0.05, 0.1) is 18.1 Å². The van der Waals surface area contributed by atoms with Crippen LogP contribution in [0.25, 0.3) is 0 Å². The van der Waals surface area contributed by atoms with Crippen LogP contribution < -0.4 is 0 Å². The highest BCUT2D eigenvalue weighted by Crippen LogP contribution is 2.23. The van der Waals surface area contributed by atoms with Gasteiger partial charge in [0.2, 0.25) is 5.91 Å². The minimum atomic E-state index is 0.199. The molecule has 0 aromatic heterocycles. The topological polar surface area (TPSA) is 44.1 Å². The van der Waals surface area contributed by atoms with Crippen molar-refractivity contribution >= 4 is 5.91 Å². The average Bonchev–Trinajstić information content (AvgIpc) is 2.39. The number of nitriles is 1. The van der Waals surface area contributed by atoms with E-state index in [0.29, 0.717) is 24.1 Å². The quantitative estimate of drug-likeness (QED) is 0.816. The second-order valence-electron chi connectivity index (χ2n) is 5.42. The number of carbonyl (C=O) groups is 1. The van der Waals surface area contributed by atoms with E-state index in [2.05, 4.69) is 19.9 Å². The summed E-state index contributed by atoms with van der Waals surface area (Å²) in [6, 6.07) is 10.1. The molecule has 1 aliphatic rings. The van der Waals surface area contributed by atoms with Crippen LogP contribution in [0.4, 0.5) is 0 Å². The van der Waals surface area contributed by atoms with E-state index in [4.69, 9.17) is 5.26 Å². The number of benzene rings is 1. The summed E-state index contributed by atoms with van der Waals surface area (Å²) >= 11 is 0. The Balaban J connectivity index is 2.05. The van der Waals surface area contributed by atoms with Crippen LogP contribution in [0.5, 0.6) is 0 Å². The SMILES string of the molecule is CC1CCCC(C)N1C(=O)Cc1ccc(C#N)cc1. The zero-order valence-electron chi connectivity index (χ0n) is 11.6. The van der Waals surface area contributed by atoms with Gasteiger partial charge >= 0.3 is 0 Å². The van der Waals surface area contributed by atoms with Crippen molar-refractivity contribution in [3.8, 4) is 6.07 Å². The highest BCUT2D eigenvalue weighted by molar-refractivity contribution is 5.79. The second-order valence-corrected chi connectivity index (χ2v) is 5.42. The van der Waals surface area contributed by atoms with Crippen LogP contribution >= 0.6 is 0 Å². The molecule has 0 radical (unpaired) electrons. The lowest BCUT2D eigenvalue weighted by Crippen LogP contribution is -2.48. The molecule has 100 valence electrons. The predicted molar refractivity (Wildman–Crippen MR) is 74.5 cm³/mol. The Bertz CT molecular complexity index is 476. The van der Waals surface area contributed by atoms with E-state index in [1.54, 1.807) is 12.1 Å². The number of piperidine rings is 1. The highest BCUT2D eigenvalue weighted by Gasteiger charge is 2.28. The van der Waals surface area contributed by atoms with Gasteiger partial charge in [0.25, 0.3) is 0 Å². The van der Waals surface area contributed by atoms with Crippen LogP contribution in [-0.4, -0.2) is 22.9 Å². The van der Waals surface area contributed by atoms with E-state index in [1.807, 2.05) is 17.0 Å². The number of rotatable bonds is 2. The Kier molecular flexibility index (Phi) is 4.21. The molecule has 3 nitrogen and oxygen atoms in total. The van der Waals surface area contributed by atoms with Gasteiger partial charge in [-0.05, 0) is 50.8 Å². The minimum Gasteiger partial charge on any atom is -0.337 e. The highest BCUT2D eigenvalue weighted by atomic mass is 16.2. The van der Waals surface area contributed by atoms with Crippen LogP contribution in [0.2, 0.25) is 0 Å². The van der Waals surface area contributed by atoms with Gasteiger partial charge in [0.1, 0.15) is 0 Å². The molecular formula is C16H20N2O. The second kappa shape index (κ2) is 5.88. The lowest BCUT2D eigenvalue weighted by Gasteiger charge is -2.39. The summed E-state index contributed by atoms with van der Waals surface area (Å²) in [6.07, 6.45) is 3.84. The summed E-state index contributed by atoms with van der Waals surface area (Å²) < 4.78 is 0. The third kappa shape index (κ3) is 3.14. The molecule has 1 aliphatic heterocycles. The normalized spacial score (nSPS) is 22.9. The molecular weight excluding hydrogens is 236 g/mol. The van der Waals surface area contributed by atoms with Crippen LogP contribution in [0.3, 0.4) is 0 Å². The van der Waals surface area contributed by atoms with Crippen LogP contribution in [0, 0.1) is 11.3 Å². The third-order valence-electron chi connectivity index (χ3n) is 3.92. The molecule has 1 fully saturated rings. The van der Waals surface area contributed by atoms with E-state index >= 15 is 0 Å². The van der Waals surface area contributed by atoms with Gasteiger partial charge in [-0.25, -0.2) is 0 Å². The van der Waals surface area contributed by atoms with Gasteiger partial charge in [-0.2, -0.15) is 5.26 Å². The molecule has 0 bridgehead atoms. The van der Waals surface area contributed by atoms with E-state index in [-0.39, 0.29) is 5.91 Å². The average molecular weight is 256 g/mol. The lowest BCUT2D eigenvalue weighted by atomic mass is 9.96. The summed E-state index contributed by atoms with van der Waals surface area (Å²) in [4.78, 5) is 14.4. The standard InChI is InChI=1S/C16H20N2O/c1-12-4-3-5-13(2)18(12)16(19)10-14-6-8-15(11-17)9-7-14/h6-9,12-13H,3-5,10H2,1-2H3. The van der Waals surface area contributed by atoms with Crippen LogP contribution in [0.1, 0.15) is 44.2 Å². The van der Waals surface area contributed by atoms with E-state index in [9.17, 15) is 4.79 Å². The number of nitrogens with zero attached hydrogens (tertiary/aromatic N) is 2. The first-order valence-corrected chi connectivity index (χ1v) is 6.92. The maximum absolute atomic E-state index is 12.4. The molecule has 1 aromatic rings. The molecule has 0 saturated carbocycles. The maximum Gasteiger partial charge on any atom is 0.227 e.